The Balaban J connectivity index is 2.16. The van der Waals surface area contributed by atoms with Crippen molar-refractivity contribution in [1.29, 1.82) is 0 Å². The second kappa shape index (κ2) is 6.75. The molecule has 2 atom stereocenters. The Bertz CT molecular complexity index is 889. The van der Waals surface area contributed by atoms with Crippen LogP contribution < -0.4 is 10.9 Å². The Hall–Kier alpha value is -2.55. The number of nitrogens with zero attached hydrogens (tertiary/aromatic N) is 2. The van der Waals surface area contributed by atoms with Gasteiger partial charge >= 0.3 is 0 Å². The Labute approximate surface area is 147 Å². The number of amides is 1. The smallest absolute Gasteiger partial charge is 0.270 e. The summed E-state index contributed by atoms with van der Waals surface area (Å²) in [5, 5.41) is 16.2. The fourth-order valence-corrected chi connectivity index (χ4v) is 3.94. The van der Waals surface area contributed by atoms with Crippen LogP contribution in [0.5, 0.6) is 0 Å². The van der Waals surface area contributed by atoms with Crippen molar-refractivity contribution in [3.05, 3.63) is 55.9 Å². The van der Waals surface area contributed by atoms with Crippen LogP contribution in [0.2, 0.25) is 0 Å². The van der Waals surface area contributed by atoms with Crippen LogP contribution in [0, 0.1) is 10.1 Å². The number of hydrogen-bond donors (Lipinski definition) is 2. The molecule has 132 valence electrons. The van der Waals surface area contributed by atoms with Crippen molar-refractivity contribution in [2.24, 2.45) is 0 Å². The predicted molar refractivity (Wildman–Crippen MR) is 96.1 cm³/mol. The van der Waals surface area contributed by atoms with Gasteiger partial charge in [-0.15, -0.1) is 11.8 Å². The molecular weight excluding hydrogens is 344 g/mol. The lowest BCUT2D eigenvalue weighted by atomic mass is 10.1. The molecule has 1 amide bonds. The van der Waals surface area contributed by atoms with Gasteiger partial charge in [0.2, 0.25) is 5.91 Å². The first-order valence-corrected chi connectivity index (χ1v) is 8.97. The van der Waals surface area contributed by atoms with Gasteiger partial charge in [-0.05, 0) is 18.9 Å². The number of hydrogen-bond acceptors (Lipinski definition) is 5. The topological polar surface area (TPSA) is 110 Å². The van der Waals surface area contributed by atoms with E-state index in [4.69, 9.17) is 0 Å². The van der Waals surface area contributed by atoms with E-state index in [1.54, 1.807) is 16.8 Å². The molecule has 2 heterocycles. The third-order valence-electron chi connectivity index (χ3n) is 4.28. The largest absolute Gasteiger partial charge is 0.310 e. The molecule has 3 rings (SSSR count). The third kappa shape index (κ3) is 3.19. The number of benzene rings is 1. The van der Waals surface area contributed by atoms with Crippen molar-refractivity contribution in [1.82, 2.24) is 9.78 Å². The first-order valence-electron chi connectivity index (χ1n) is 7.92. The van der Waals surface area contributed by atoms with Gasteiger partial charge in [0.1, 0.15) is 5.82 Å². The zero-order chi connectivity index (χ0) is 18.1. The normalized spacial score (nSPS) is 18.2. The van der Waals surface area contributed by atoms with Gasteiger partial charge in [0.05, 0.1) is 21.5 Å². The third-order valence-corrected chi connectivity index (χ3v) is 5.55. The highest BCUT2D eigenvalue weighted by Gasteiger charge is 2.31. The van der Waals surface area contributed by atoms with Crippen LogP contribution in [0.15, 0.2) is 29.1 Å². The average molecular weight is 362 g/mol. The summed E-state index contributed by atoms with van der Waals surface area (Å²) in [7, 11) is 0. The first kappa shape index (κ1) is 17.3. The molecule has 8 nitrogen and oxygen atoms in total. The molecule has 1 aliphatic rings. The maximum atomic E-state index is 12.6. The van der Waals surface area contributed by atoms with E-state index in [1.807, 2.05) is 13.8 Å². The fourth-order valence-electron chi connectivity index (χ4n) is 2.82. The molecule has 0 fully saturated rings. The number of aromatic nitrogens is 2. The van der Waals surface area contributed by atoms with E-state index in [0.29, 0.717) is 16.9 Å². The molecule has 2 N–H and O–H groups in total. The summed E-state index contributed by atoms with van der Waals surface area (Å²) in [4.78, 5) is 35.3. The Morgan fingerprint density at radius 1 is 1.44 bits per heavy atom. The minimum atomic E-state index is -0.469. The van der Waals surface area contributed by atoms with Gasteiger partial charge < -0.3 is 5.32 Å². The van der Waals surface area contributed by atoms with Gasteiger partial charge in [-0.25, -0.2) is 0 Å². The number of H-pyrrole nitrogens is 1. The second-order valence-corrected chi connectivity index (χ2v) is 7.02. The number of thioether (sulfide) groups is 1. The highest BCUT2D eigenvalue weighted by Crippen LogP contribution is 2.41. The molecule has 0 saturated carbocycles. The molecule has 1 aromatic heterocycles. The van der Waals surface area contributed by atoms with Crippen LogP contribution in [-0.4, -0.2) is 26.4 Å². The van der Waals surface area contributed by atoms with Crippen molar-refractivity contribution in [2.75, 3.05) is 11.1 Å². The average Bonchev–Trinajstić information content (AvgIpc) is 2.80. The maximum absolute atomic E-state index is 12.6. The molecule has 0 spiro atoms. The minimum absolute atomic E-state index is 0.00519. The molecule has 9 heteroatoms. The maximum Gasteiger partial charge on any atom is 0.270 e. The van der Waals surface area contributed by atoms with Crippen molar-refractivity contribution >= 4 is 29.2 Å². The summed E-state index contributed by atoms with van der Waals surface area (Å²) < 4.78 is 1.67. The van der Waals surface area contributed by atoms with E-state index in [9.17, 15) is 19.7 Å². The number of rotatable bonds is 4. The van der Waals surface area contributed by atoms with Crippen LogP contribution in [0.3, 0.4) is 0 Å². The van der Waals surface area contributed by atoms with Gasteiger partial charge in [0.15, 0.2) is 0 Å². The Morgan fingerprint density at radius 2 is 2.20 bits per heavy atom. The van der Waals surface area contributed by atoms with Crippen molar-refractivity contribution in [3.8, 4) is 0 Å². The summed E-state index contributed by atoms with van der Waals surface area (Å²) >= 11 is 1.29. The van der Waals surface area contributed by atoms with Gasteiger partial charge in [0, 0.05) is 18.2 Å². The lowest BCUT2D eigenvalue weighted by Gasteiger charge is -2.16. The summed E-state index contributed by atoms with van der Waals surface area (Å²) in [6.07, 6.45) is 0.779. The van der Waals surface area contributed by atoms with Gasteiger partial charge in [-0.1, -0.05) is 19.1 Å². The lowest BCUT2D eigenvalue weighted by molar-refractivity contribution is -0.384. The van der Waals surface area contributed by atoms with Crippen LogP contribution in [0.4, 0.5) is 11.5 Å². The number of nitro benzene ring substituents is 1. The van der Waals surface area contributed by atoms with E-state index in [0.717, 1.165) is 6.42 Å². The van der Waals surface area contributed by atoms with Gasteiger partial charge in [0.25, 0.3) is 11.2 Å². The van der Waals surface area contributed by atoms with Crippen LogP contribution in [-0.2, 0) is 4.79 Å². The molecule has 0 radical (unpaired) electrons. The highest BCUT2D eigenvalue weighted by molar-refractivity contribution is 8.00. The molecule has 25 heavy (non-hydrogen) atoms. The summed E-state index contributed by atoms with van der Waals surface area (Å²) in [6, 6.07) is 6.20. The second-order valence-electron chi connectivity index (χ2n) is 5.92. The van der Waals surface area contributed by atoms with Crippen LogP contribution >= 0.6 is 11.8 Å². The summed E-state index contributed by atoms with van der Waals surface area (Å²) in [5.41, 5.74) is 0.725. The van der Waals surface area contributed by atoms with E-state index in [-0.39, 0.29) is 28.9 Å². The molecule has 1 aromatic carbocycles. The number of carbonyl (C=O) groups is 1. The lowest BCUT2D eigenvalue weighted by Crippen LogP contribution is -2.18. The zero-order valence-corrected chi connectivity index (χ0v) is 14.6. The molecular formula is C16H18N4O4S. The summed E-state index contributed by atoms with van der Waals surface area (Å²) in [5.74, 6) is 0.420. The van der Waals surface area contributed by atoms with Crippen molar-refractivity contribution < 1.29 is 9.72 Å². The van der Waals surface area contributed by atoms with E-state index < -0.39 is 10.2 Å². The van der Waals surface area contributed by atoms with Crippen LogP contribution in [0.25, 0.3) is 0 Å². The van der Waals surface area contributed by atoms with Gasteiger partial charge in [-0.2, -0.15) is 0 Å². The van der Waals surface area contributed by atoms with E-state index >= 15 is 0 Å². The fraction of sp³-hybridized carbons (Fsp3) is 0.375. The number of anilines is 1. The Kier molecular flexibility index (Phi) is 4.67. The van der Waals surface area contributed by atoms with Crippen molar-refractivity contribution in [2.45, 2.75) is 31.6 Å². The number of non-ortho nitro benzene ring substituents is 1. The molecule has 0 aliphatic carbocycles. The number of nitro groups is 1. The van der Waals surface area contributed by atoms with Gasteiger partial charge in [-0.3, -0.25) is 29.5 Å². The molecule has 2 aromatic rings. The number of nitrogens with one attached hydrogen (secondary N) is 2. The zero-order valence-electron chi connectivity index (χ0n) is 13.8. The molecule has 1 aliphatic heterocycles. The molecule has 0 saturated heterocycles. The summed E-state index contributed by atoms with van der Waals surface area (Å²) in [6.45, 7) is 3.93. The van der Waals surface area contributed by atoms with E-state index in [2.05, 4.69) is 10.4 Å². The monoisotopic (exact) mass is 362 g/mol. The molecule has 0 bridgehead atoms. The SMILES string of the molecule is CC[C@H](C)n1[nH]c(=O)c2c1NC(=O)CS[C@@H]2c1cccc([N+](=O)[O-])c1. The molecule has 0 unspecified atom stereocenters. The van der Waals surface area contributed by atoms with Crippen molar-refractivity contribution in [3.63, 3.8) is 0 Å². The first-order chi connectivity index (χ1) is 11.9. The minimum Gasteiger partial charge on any atom is -0.310 e. The highest BCUT2D eigenvalue weighted by atomic mass is 32.2. The quantitative estimate of drug-likeness (QED) is 0.642. The Morgan fingerprint density at radius 3 is 2.88 bits per heavy atom. The standard InChI is InChI=1S/C16H18N4O4S/c1-3-9(2)19-15-13(16(22)18-19)14(25-8-12(21)17-15)10-5-4-6-11(7-10)20(23)24/h4-7,9,14H,3,8H2,1-2H3,(H,17,21)(H,18,22)/t9-,14+/m0/s1. The number of fused-ring (bicyclic) bond motifs is 1. The van der Waals surface area contributed by atoms with Crippen LogP contribution in [0.1, 0.15) is 42.7 Å². The number of aromatic amines is 1. The predicted octanol–water partition coefficient (Wildman–Crippen LogP) is 2.83. The van der Waals surface area contributed by atoms with E-state index in [1.165, 1.54) is 23.9 Å². The number of carbonyl (C=O) groups excluding carboxylic acids is 1.